The van der Waals surface area contributed by atoms with Gasteiger partial charge in [-0.1, -0.05) is 28.1 Å². The van der Waals surface area contributed by atoms with Crippen LogP contribution < -0.4 is 5.73 Å². The minimum absolute atomic E-state index is 0.144. The number of hydrogen-bond donors (Lipinski definition) is 1. The van der Waals surface area contributed by atoms with Crippen molar-refractivity contribution in [3.05, 3.63) is 39.1 Å². The monoisotopic (exact) mass is 308 g/mol. The van der Waals surface area contributed by atoms with Crippen LogP contribution in [0.2, 0.25) is 0 Å². The Hall–Kier alpha value is -0.710. The molecule has 1 aromatic heterocycles. The zero-order valence-electron chi connectivity index (χ0n) is 9.32. The molecule has 2 nitrogen and oxygen atoms in total. The van der Waals surface area contributed by atoms with E-state index in [2.05, 4.69) is 38.4 Å². The van der Waals surface area contributed by atoms with Crippen molar-refractivity contribution < 1.29 is 0 Å². The number of halogens is 1. The molecule has 0 bridgehead atoms. The Labute approximate surface area is 113 Å². The lowest BCUT2D eigenvalue weighted by molar-refractivity contribution is 0.253. The molecule has 88 valence electrons. The fourth-order valence-electron chi connectivity index (χ4n) is 2.05. The van der Waals surface area contributed by atoms with E-state index in [4.69, 9.17) is 5.73 Å². The first-order valence-electron chi connectivity index (χ1n) is 5.68. The van der Waals surface area contributed by atoms with Gasteiger partial charge in [-0.05, 0) is 31.4 Å². The van der Waals surface area contributed by atoms with Gasteiger partial charge < -0.3 is 5.73 Å². The standard InChI is InChI=1S/C13H13BrN2S/c14-10-4-1-3-9(7-10)11-8-17-12(16-11)13(15)5-2-6-13/h1,3-4,7-8H,2,5-6,15H2. The molecule has 2 N–H and O–H groups in total. The van der Waals surface area contributed by atoms with Crippen molar-refractivity contribution in [1.29, 1.82) is 0 Å². The Balaban J connectivity index is 1.95. The number of hydrogen-bond acceptors (Lipinski definition) is 3. The third-order valence-electron chi connectivity index (χ3n) is 3.30. The zero-order valence-corrected chi connectivity index (χ0v) is 11.7. The van der Waals surface area contributed by atoms with E-state index in [9.17, 15) is 0 Å². The molecular formula is C13H13BrN2S. The van der Waals surface area contributed by atoms with E-state index in [-0.39, 0.29) is 5.54 Å². The summed E-state index contributed by atoms with van der Waals surface area (Å²) in [4.78, 5) is 4.69. The molecule has 0 unspecified atom stereocenters. The molecule has 0 radical (unpaired) electrons. The SMILES string of the molecule is NC1(c2nc(-c3cccc(Br)c3)cs2)CCC1. The van der Waals surface area contributed by atoms with Crippen molar-refractivity contribution in [3.63, 3.8) is 0 Å². The third-order valence-corrected chi connectivity index (χ3v) is 4.85. The van der Waals surface area contributed by atoms with E-state index < -0.39 is 0 Å². The molecule has 0 atom stereocenters. The zero-order chi connectivity index (χ0) is 11.9. The molecule has 2 aromatic rings. The number of nitrogens with zero attached hydrogens (tertiary/aromatic N) is 1. The molecule has 0 saturated heterocycles. The lowest BCUT2D eigenvalue weighted by atomic mass is 9.78. The number of benzene rings is 1. The Morgan fingerprint density at radius 1 is 1.35 bits per heavy atom. The minimum atomic E-state index is -0.144. The molecule has 1 aromatic carbocycles. The number of rotatable bonds is 2. The summed E-state index contributed by atoms with van der Waals surface area (Å²) in [5.74, 6) is 0. The van der Waals surface area contributed by atoms with E-state index in [0.29, 0.717) is 0 Å². The first-order chi connectivity index (χ1) is 8.17. The number of nitrogens with two attached hydrogens (primary N) is 1. The van der Waals surface area contributed by atoms with Crippen molar-refractivity contribution in [1.82, 2.24) is 4.98 Å². The highest BCUT2D eigenvalue weighted by Gasteiger charge is 2.37. The molecule has 1 fully saturated rings. The summed E-state index contributed by atoms with van der Waals surface area (Å²) >= 11 is 5.16. The van der Waals surface area contributed by atoms with Gasteiger partial charge in [0, 0.05) is 15.4 Å². The molecule has 0 amide bonds. The van der Waals surface area contributed by atoms with Crippen LogP contribution in [-0.4, -0.2) is 4.98 Å². The number of aromatic nitrogens is 1. The van der Waals surface area contributed by atoms with E-state index in [1.54, 1.807) is 11.3 Å². The fraction of sp³-hybridized carbons (Fsp3) is 0.308. The van der Waals surface area contributed by atoms with E-state index in [0.717, 1.165) is 33.6 Å². The smallest absolute Gasteiger partial charge is 0.113 e. The Morgan fingerprint density at radius 3 is 2.82 bits per heavy atom. The molecule has 17 heavy (non-hydrogen) atoms. The van der Waals surface area contributed by atoms with Crippen LogP contribution in [0, 0.1) is 0 Å². The van der Waals surface area contributed by atoms with Crippen LogP contribution in [0.4, 0.5) is 0 Å². The van der Waals surface area contributed by atoms with Crippen molar-refractivity contribution in [2.75, 3.05) is 0 Å². The average molecular weight is 309 g/mol. The molecule has 1 heterocycles. The highest BCUT2D eigenvalue weighted by molar-refractivity contribution is 9.10. The largest absolute Gasteiger partial charge is 0.319 e. The molecule has 1 aliphatic rings. The highest BCUT2D eigenvalue weighted by Crippen LogP contribution is 2.41. The van der Waals surface area contributed by atoms with Crippen LogP contribution in [0.25, 0.3) is 11.3 Å². The maximum atomic E-state index is 6.28. The summed E-state index contributed by atoms with van der Waals surface area (Å²) in [6.45, 7) is 0. The Kier molecular flexibility index (Phi) is 2.81. The van der Waals surface area contributed by atoms with Crippen LogP contribution in [0.15, 0.2) is 34.1 Å². The molecule has 1 saturated carbocycles. The lowest BCUT2D eigenvalue weighted by Crippen LogP contribution is -2.43. The second-order valence-corrected chi connectivity index (χ2v) is 6.33. The van der Waals surface area contributed by atoms with Crippen LogP contribution in [0.5, 0.6) is 0 Å². The summed E-state index contributed by atoms with van der Waals surface area (Å²) in [6.07, 6.45) is 3.36. The molecule has 4 heteroatoms. The topological polar surface area (TPSA) is 38.9 Å². The summed E-state index contributed by atoms with van der Waals surface area (Å²) in [7, 11) is 0. The van der Waals surface area contributed by atoms with Gasteiger partial charge in [0.2, 0.25) is 0 Å². The van der Waals surface area contributed by atoms with Gasteiger partial charge in [-0.25, -0.2) is 4.98 Å². The Morgan fingerprint density at radius 2 is 2.18 bits per heavy atom. The second kappa shape index (κ2) is 4.19. The van der Waals surface area contributed by atoms with Crippen LogP contribution in [0.3, 0.4) is 0 Å². The quantitative estimate of drug-likeness (QED) is 0.913. The fourth-order valence-corrected chi connectivity index (χ4v) is 3.46. The van der Waals surface area contributed by atoms with Crippen molar-refractivity contribution >= 4 is 27.3 Å². The molecule has 0 aliphatic heterocycles. The summed E-state index contributed by atoms with van der Waals surface area (Å²) in [5, 5.41) is 3.18. The first kappa shape index (κ1) is 11.4. The van der Waals surface area contributed by atoms with Crippen molar-refractivity contribution in [2.24, 2.45) is 5.73 Å². The lowest BCUT2D eigenvalue weighted by Gasteiger charge is -2.35. The van der Waals surface area contributed by atoms with Crippen LogP contribution in [0.1, 0.15) is 24.3 Å². The van der Waals surface area contributed by atoms with Gasteiger partial charge >= 0.3 is 0 Å². The van der Waals surface area contributed by atoms with Gasteiger partial charge in [0.1, 0.15) is 5.01 Å². The molecule has 1 aliphatic carbocycles. The van der Waals surface area contributed by atoms with Gasteiger partial charge in [0.25, 0.3) is 0 Å². The molecule has 3 rings (SSSR count). The summed E-state index contributed by atoms with van der Waals surface area (Å²) < 4.78 is 1.08. The third kappa shape index (κ3) is 2.05. The highest BCUT2D eigenvalue weighted by atomic mass is 79.9. The second-order valence-electron chi connectivity index (χ2n) is 4.56. The maximum absolute atomic E-state index is 6.28. The van der Waals surface area contributed by atoms with Gasteiger partial charge in [-0.3, -0.25) is 0 Å². The molecule has 0 spiro atoms. The maximum Gasteiger partial charge on any atom is 0.113 e. The first-order valence-corrected chi connectivity index (χ1v) is 7.35. The summed E-state index contributed by atoms with van der Waals surface area (Å²) in [5.41, 5.74) is 8.31. The van der Waals surface area contributed by atoms with Crippen molar-refractivity contribution in [2.45, 2.75) is 24.8 Å². The summed E-state index contributed by atoms with van der Waals surface area (Å²) in [6, 6.07) is 8.21. The Bertz CT molecular complexity index is 546. The van der Waals surface area contributed by atoms with E-state index in [1.807, 2.05) is 12.1 Å². The van der Waals surface area contributed by atoms with Gasteiger partial charge in [-0.15, -0.1) is 11.3 Å². The van der Waals surface area contributed by atoms with Gasteiger partial charge in [0.15, 0.2) is 0 Å². The predicted octanol–water partition coefficient (Wildman–Crippen LogP) is 3.91. The van der Waals surface area contributed by atoms with Gasteiger partial charge in [0.05, 0.1) is 11.2 Å². The normalized spacial score (nSPS) is 17.8. The predicted molar refractivity (Wildman–Crippen MR) is 75.0 cm³/mol. The molecular weight excluding hydrogens is 296 g/mol. The minimum Gasteiger partial charge on any atom is -0.319 e. The van der Waals surface area contributed by atoms with Gasteiger partial charge in [-0.2, -0.15) is 0 Å². The van der Waals surface area contributed by atoms with Crippen LogP contribution in [-0.2, 0) is 5.54 Å². The average Bonchev–Trinajstić information content (AvgIpc) is 2.75. The van der Waals surface area contributed by atoms with Crippen molar-refractivity contribution in [3.8, 4) is 11.3 Å². The van der Waals surface area contributed by atoms with E-state index in [1.165, 1.54) is 6.42 Å². The van der Waals surface area contributed by atoms with E-state index >= 15 is 0 Å². The number of thiazole rings is 1. The van der Waals surface area contributed by atoms with Crippen LogP contribution >= 0.6 is 27.3 Å².